The van der Waals surface area contributed by atoms with Gasteiger partial charge in [-0.1, -0.05) is 72.8 Å². The van der Waals surface area contributed by atoms with Gasteiger partial charge in [-0.25, -0.2) is 9.46 Å². The number of Topliss-reactive ketones (excluding diaryl/α,β-unsaturated/α-hetero) is 1. The van der Waals surface area contributed by atoms with Crippen molar-refractivity contribution in [2.75, 3.05) is 32.8 Å². The van der Waals surface area contributed by atoms with E-state index >= 15 is 0 Å². The number of nitrogens with one attached hydrogen (secondary N) is 1. The highest BCUT2D eigenvalue weighted by Crippen LogP contribution is 2.51. The molecular formula is C48H57N4O9P. The van der Waals surface area contributed by atoms with Crippen molar-refractivity contribution in [3.05, 3.63) is 154 Å². The summed E-state index contributed by atoms with van der Waals surface area (Å²) in [6.45, 7) is 10.3. The summed E-state index contributed by atoms with van der Waals surface area (Å²) in [7, 11) is 1.58. The predicted octanol–water partition coefficient (Wildman–Crippen LogP) is 8.93. The molecule has 1 aromatic heterocycles. The first-order valence-corrected chi connectivity index (χ1v) is 22.0. The topological polar surface area (TPSA) is 140 Å². The summed E-state index contributed by atoms with van der Waals surface area (Å²) in [5, 5.41) is 2.72. The first-order valence-electron chi connectivity index (χ1n) is 20.9. The van der Waals surface area contributed by atoms with Crippen LogP contribution in [0, 0.1) is 0 Å². The zero-order valence-electron chi connectivity index (χ0n) is 36.4. The Morgan fingerprint density at radius 1 is 0.839 bits per heavy atom. The zero-order chi connectivity index (χ0) is 44.2. The number of aromatic nitrogens is 2. The Hall–Kier alpha value is -5.27. The average molecular weight is 865 g/mol. The molecule has 2 heterocycles. The zero-order valence-corrected chi connectivity index (χ0v) is 37.3. The van der Waals surface area contributed by atoms with Crippen LogP contribution in [0.25, 0.3) is 0 Å². The molecule has 4 atom stereocenters. The third kappa shape index (κ3) is 11.2. The van der Waals surface area contributed by atoms with Gasteiger partial charge >= 0.3 is 5.69 Å². The number of carbonyl (C=O) groups is 2. The molecule has 14 heteroatoms. The standard InChI is InChI=1S/C48H57N4O9P/c1-33(2)52(34(3)4)62(59-30-14-15-35(5)53)61-42-31-45(51-29-28-44(50-47(51)55)49-46(54)36-16-10-8-11-17-36)60-43(42)32-58-48(37-18-12-9-13-19-37,38-20-24-40(56-6)25-21-38)39-22-26-41(57-7)27-23-39/h8-13,16-29,33-34,42-43,45H,14-15,30-32H2,1-7H3,(H,49,50,54,55)/t42-,43+,45+,62?/m0/s1. The molecule has 0 bridgehead atoms. The van der Waals surface area contributed by atoms with Gasteiger partial charge in [0.2, 0.25) is 0 Å². The van der Waals surface area contributed by atoms with Crippen LogP contribution in [0.3, 0.4) is 0 Å². The van der Waals surface area contributed by atoms with Crippen LogP contribution < -0.4 is 20.5 Å². The molecule has 0 aliphatic carbocycles. The van der Waals surface area contributed by atoms with Gasteiger partial charge < -0.3 is 38.1 Å². The maximum Gasteiger partial charge on any atom is 0.351 e. The van der Waals surface area contributed by atoms with E-state index in [4.69, 9.17) is 28.0 Å². The second-order valence-corrected chi connectivity index (χ2v) is 17.0. The van der Waals surface area contributed by atoms with Gasteiger partial charge in [-0.2, -0.15) is 4.98 Å². The molecular weight excluding hydrogens is 808 g/mol. The van der Waals surface area contributed by atoms with Crippen molar-refractivity contribution in [2.24, 2.45) is 0 Å². The van der Waals surface area contributed by atoms with Crippen LogP contribution in [0.2, 0.25) is 0 Å². The van der Waals surface area contributed by atoms with Crippen LogP contribution in [0.1, 0.15) is 87.2 Å². The number of amides is 1. The highest BCUT2D eigenvalue weighted by molar-refractivity contribution is 7.44. The smallest absolute Gasteiger partial charge is 0.351 e. The summed E-state index contributed by atoms with van der Waals surface area (Å²) in [4.78, 5) is 42.7. The minimum absolute atomic E-state index is 0.0262. The maximum absolute atomic E-state index is 13.7. The Morgan fingerprint density at radius 2 is 1.40 bits per heavy atom. The molecule has 1 fully saturated rings. The highest BCUT2D eigenvalue weighted by Gasteiger charge is 2.45. The number of ether oxygens (including phenoxy) is 4. The first-order chi connectivity index (χ1) is 29.9. The molecule has 62 heavy (non-hydrogen) atoms. The van der Waals surface area contributed by atoms with Crippen molar-refractivity contribution < 1.29 is 37.6 Å². The Bertz CT molecular complexity index is 2200. The molecule has 328 valence electrons. The first kappa shape index (κ1) is 46.2. The van der Waals surface area contributed by atoms with Gasteiger partial charge in [-0.05, 0) is 100 Å². The third-order valence-electron chi connectivity index (χ3n) is 10.6. The van der Waals surface area contributed by atoms with Crippen molar-refractivity contribution in [1.29, 1.82) is 0 Å². The summed E-state index contributed by atoms with van der Waals surface area (Å²) in [5.41, 5.74) is 1.24. The van der Waals surface area contributed by atoms with Crippen molar-refractivity contribution in [2.45, 2.75) is 90.0 Å². The van der Waals surface area contributed by atoms with Gasteiger partial charge in [0.1, 0.15) is 41.0 Å². The average Bonchev–Trinajstić information content (AvgIpc) is 3.67. The Labute approximate surface area is 365 Å². The van der Waals surface area contributed by atoms with Gasteiger partial charge in [-0.15, -0.1) is 0 Å². The summed E-state index contributed by atoms with van der Waals surface area (Å²) in [5.74, 6) is 1.21. The van der Waals surface area contributed by atoms with Crippen LogP contribution in [0.5, 0.6) is 11.5 Å². The second-order valence-electron chi connectivity index (χ2n) is 15.6. The molecule has 5 aromatic rings. The number of nitrogens with zero attached hydrogens (tertiary/aromatic N) is 3. The van der Waals surface area contributed by atoms with Crippen LogP contribution in [-0.4, -0.2) is 77.6 Å². The van der Waals surface area contributed by atoms with E-state index in [1.807, 2.05) is 84.9 Å². The molecule has 1 N–H and O–H groups in total. The minimum atomic E-state index is -1.68. The van der Waals surface area contributed by atoms with E-state index in [2.05, 4.69) is 42.7 Å². The largest absolute Gasteiger partial charge is 0.497 e. The van der Waals surface area contributed by atoms with Crippen LogP contribution in [-0.2, 0) is 28.9 Å². The fourth-order valence-electron chi connectivity index (χ4n) is 7.60. The molecule has 6 rings (SSSR count). The lowest BCUT2D eigenvalue weighted by Crippen LogP contribution is -2.39. The maximum atomic E-state index is 13.7. The van der Waals surface area contributed by atoms with E-state index < -0.39 is 38.3 Å². The quantitative estimate of drug-likeness (QED) is 0.0430. The molecule has 1 aliphatic heterocycles. The molecule has 0 radical (unpaired) electrons. The Balaban J connectivity index is 1.38. The summed E-state index contributed by atoms with van der Waals surface area (Å²) < 4.78 is 42.3. The van der Waals surface area contributed by atoms with E-state index in [0.717, 1.165) is 16.7 Å². The van der Waals surface area contributed by atoms with Crippen molar-refractivity contribution >= 4 is 26.0 Å². The molecule has 1 saturated heterocycles. The molecule has 0 saturated carbocycles. The number of ketones is 1. The normalized spacial score (nSPS) is 17.0. The summed E-state index contributed by atoms with van der Waals surface area (Å²) in [6.07, 6.45) is 0.637. The number of carbonyl (C=O) groups excluding carboxylic acids is 2. The number of hydrogen-bond acceptors (Lipinski definition) is 11. The fourth-order valence-corrected chi connectivity index (χ4v) is 9.39. The third-order valence-corrected chi connectivity index (χ3v) is 12.7. The predicted molar refractivity (Wildman–Crippen MR) is 239 cm³/mol. The number of anilines is 1. The summed E-state index contributed by atoms with van der Waals surface area (Å²) in [6, 6.07) is 35.9. The molecule has 1 amide bonds. The van der Waals surface area contributed by atoms with Crippen molar-refractivity contribution in [3.8, 4) is 11.5 Å². The number of benzene rings is 4. The van der Waals surface area contributed by atoms with E-state index in [0.29, 0.717) is 36.5 Å². The van der Waals surface area contributed by atoms with Gasteiger partial charge in [0.25, 0.3) is 14.4 Å². The number of methoxy groups -OCH3 is 2. The van der Waals surface area contributed by atoms with E-state index in [-0.39, 0.29) is 42.6 Å². The molecule has 0 spiro atoms. The van der Waals surface area contributed by atoms with Crippen molar-refractivity contribution in [1.82, 2.24) is 14.2 Å². The van der Waals surface area contributed by atoms with Crippen LogP contribution in [0.15, 0.2) is 126 Å². The van der Waals surface area contributed by atoms with E-state index in [1.165, 1.54) is 4.57 Å². The molecule has 13 nitrogen and oxygen atoms in total. The fraction of sp³-hybridized carbons (Fsp3) is 0.375. The lowest BCUT2D eigenvalue weighted by atomic mass is 9.80. The lowest BCUT2D eigenvalue weighted by Gasteiger charge is -2.39. The monoisotopic (exact) mass is 864 g/mol. The SMILES string of the molecule is COc1ccc(C(OC[C@H]2O[C@@H](n3ccc(NC(=O)c4ccccc4)nc3=O)C[C@@H]2OP(OCCCC(C)=O)N(C(C)C)C(C)C)(c2ccccc2)c2ccc(OC)cc2)cc1. The Kier molecular flexibility index (Phi) is 16.2. The molecule has 1 aliphatic rings. The van der Waals surface area contributed by atoms with Crippen LogP contribution in [0.4, 0.5) is 5.82 Å². The van der Waals surface area contributed by atoms with Gasteiger partial charge in [-0.3, -0.25) is 9.36 Å². The van der Waals surface area contributed by atoms with Crippen LogP contribution >= 0.6 is 8.53 Å². The molecule has 4 aromatic carbocycles. The Morgan fingerprint density at radius 3 is 1.94 bits per heavy atom. The number of hydrogen-bond donors (Lipinski definition) is 1. The number of rotatable bonds is 21. The van der Waals surface area contributed by atoms with Crippen molar-refractivity contribution in [3.63, 3.8) is 0 Å². The molecule has 1 unspecified atom stereocenters. The van der Waals surface area contributed by atoms with E-state index in [1.54, 1.807) is 57.7 Å². The second kappa shape index (κ2) is 21.7. The summed E-state index contributed by atoms with van der Waals surface area (Å²) >= 11 is 0. The lowest BCUT2D eigenvalue weighted by molar-refractivity contribution is -0.117. The van der Waals surface area contributed by atoms with Gasteiger partial charge in [0.05, 0.1) is 33.5 Å². The van der Waals surface area contributed by atoms with Gasteiger partial charge in [0.15, 0.2) is 0 Å². The van der Waals surface area contributed by atoms with E-state index in [9.17, 15) is 14.4 Å². The highest BCUT2D eigenvalue weighted by atomic mass is 31.2. The minimum Gasteiger partial charge on any atom is -0.497 e. The van der Waals surface area contributed by atoms with Gasteiger partial charge in [0, 0.05) is 36.7 Å².